The van der Waals surface area contributed by atoms with Gasteiger partial charge in [-0.3, -0.25) is 24.2 Å². The summed E-state index contributed by atoms with van der Waals surface area (Å²) < 4.78 is 36.0. The number of benzene rings is 2. The highest BCUT2D eigenvalue weighted by Gasteiger charge is 2.25. The summed E-state index contributed by atoms with van der Waals surface area (Å²) in [6.07, 6.45) is 10.2. The van der Waals surface area contributed by atoms with E-state index in [0.29, 0.717) is 45.5 Å². The van der Waals surface area contributed by atoms with Crippen LogP contribution in [0.25, 0.3) is 27.7 Å². The first-order valence-electron chi connectivity index (χ1n) is 12.8. The van der Waals surface area contributed by atoms with Crippen molar-refractivity contribution in [2.75, 3.05) is 0 Å². The predicted octanol–water partition coefficient (Wildman–Crippen LogP) is 6.20. The Bertz CT molecular complexity index is 1890. The number of allylic oxidation sites excluding steroid dienone is 4. The number of carbonyl (C=O) groups excluding carboxylic acids is 2. The molecule has 6 rings (SSSR count). The molecule has 0 bridgehead atoms. The zero-order valence-electron chi connectivity index (χ0n) is 21.8. The van der Waals surface area contributed by atoms with E-state index in [9.17, 15) is 14.0 Å². The third-order valence-corrected chi connectivity index (χ3v) is 6.76. The minimum Gasteiger partial charge on any atom is -0.453 e. The molecule has 0 aliphatic heterocycles. The molecule has 9 heteroatoms. The van der Waals surface area contributed by atoms with Gasteiger partial charge in [0.05, 0.1) is 28.4 Å². The third kappa shape index (κ3) is 5.29. The van der Waals surface area contributed by atoms with Crippen molar-refractivity contribution in [3.05, 3.63) is 120 Å². The minimum atomic E-state index is -0.656. The maximum absolute atomic E-state index is 15.1. The summed E-state index contributed by atoms with van der Waals surface area (Å²) in [4.78, 5) is 34.9. The van der Waals surface area contributed by atoms with Gasteiger partial charge >= 0.3 is 0 Å². The van der Waals surface area contributed by atoms with E-state index < -0.39 is 23.2 Å². The highest BCUT2D eigenvalue weighted by molar-refractivity contribution is 6.39. The first-order chi connectivity index (χ1) is 19.9. The van der Waals surface area contributed by atoms with Crippen molar-refractivity contribution in [1.82, 2.24) is 19.7 Å². The van der Waals surface area contributed by atoms with Crippen molar-refractivity contribution in [2.24, 2.45) is 7.05 Å². The van der Waals surface area contributed by atoms with E-state index in [1.54, 1.807) is 47.6 Å². The molecule has 7 nitrogen and oxygen atoms in total. The van der Waals surface area contributed by atoms with Gasteiger partial charge in [-0.2, -0.15) is 5.10 Å². The summed E-state index contributed by atoms with van der Waals surface area (Å²) in [5.74, 6) is -1.58. The lowest BCUT2D eigenvalue weighted by atomic mass is 9.88. The molecular weight excluding hydrogens is 526 g/mol. The molecule has 2 aromatic carbocycles. The van der Waals surface area contributed by atoms with E-state index in [-0.39, 0.29) is 17.7 Å². The number of ether oxygens (including phenoxy) is 1. The number of rotatable bonds is 7. The number of fused-ring (bicyclic) bond motifs is 1. The molecule has 41 heavy (non-hydrogen) atoms. The van der Waals surface area contributed by atoms with Crippen molar-refractivity contribution in [3.63, 3.8) is 0 Å². The fourth-order valence-corrected chi connectivity index (χ4v) is 4.70. The van der Waals surface area contributed by atoms with Crippen LogP contribution in [0.4, 0.5) is 8.78 Å². The number of pyridine rings is 2. The third-order valence-electron chi connectivity index (χ3n) is 6.76. The number of Topliss-reactive ketones (excluding diaryl/α,β-unsaturated/α-hetero) is 2. The first-order valence-corrected chi connectivity index (χ1v) is 12.8. The van der Waals surface area contributed by atoms with E-state index in [1.807, 2.05) is 19.3 Å². The number of nitrogens with zero attached hydrogens (tertiary/aromatic N) is 4. The Balaban J connectivity index is 1.17. The monoisotopic (exact) mass is 548 g/mol. The molecule has 0 saturated carbocycles. The number of ketones is 2. The van der Waals surface area contributed by atoms with Gasteiger partial charge in [-0.1, -0.05) is 30.4 Å². The van der Waals surface area contributed by atoms with E-state index in [2.05, 4.69) is 15.1 Å². The number of hydrogen-bond donors (Lipinski definition) is 0. The molecule has 1 aliphatic rings. The van der Waals surface area contributed by atoms with E-state index >= 15 is 4.39 Å². The summed E-state index contributed by atoms with van der Waals surface area (Å²) in [7, 11) is 1.82. The molecule has 0 spiro atoms. The van der Waals surface area contributed by atoms with Crippen LogP contribution in [0.1, 0.15) is 17.5 Å². The summed E-state index contributed by atoms with van der Waals surface area (Å²) in [6.45, 7) is 0. The van der Waals surface area contributed by atoms with Crippen molar-refractivity contribution in [3.8, 4) is 22.8 Å². The van der Waals surface area contributed by atoms with Crippen LogP contribution in [0.3, 0.4) is 0 Å². The maximum Gasteiger partial charge on any atom is 0.196 e. The molecule has 3 aromatic heterocycles. The van der Waals surface area contributed by atoms with Crippen LogP contribution >= 0.6 is 0 Å². The topological polar surface area (TPSA) is 87.0 Å². The van der Waals surface area contributed by atoms with Gasteiger partial charge in [-0.05, 0) is 53.9 Å². The Morgan fingerprint density at radius 3 is 2.54 bits per heavy atom. The minimum absolute atomic E-state index is 0.0282. The molecule has 5 aromatic rings. The molecule has 0 unspecified atom stereocenters. The Morgan fingerprint density at radius 1 is 0.951 bits per heavy atom. The van der Waals surface area contributed by atoms with Crippen LogP contribution in [0.2, 0.25) is 0 Å². The lowest BCUT2D eigenvalue weighted by Gasteiger charge is -2.14. The van der Waals surface area contributed by atoms with Crippen LogP contribution in [0.15, 0.2) is 97.1 Å². The molecule has 0 atom stereocenters. The van der Waals surface area contributed by atoms with E-state index in [0.717, 1.165) is 5.56 Å². The second kappa shape index (κ2) is 10.7. The quantitative estimate of drug-likeness (QED) is 0.225. The average Bonchev–Trinajstić information content (AvgIpc) is 3.41. The zero-order valence-corrected chi connectivity index (χ0v) is 21.8. The van der Waals surface area contributed by atoms with Crippen LogP contribution in [0, 0.1) is 11.6 Å². The molecule has 1 aliphatic carbocycles. The number of carbonyl (C=O) groups is 2. The molecule has 0 N–H and O–H groups in total. The fraction of sp³-hybridized carbons (Fsp3) is 0.0938. The first kappa shape index (κ1) is 25.9. The number of aryl methyl sites for hydroxylation is 1. The summed E-state index contributed by atoms with van der Waals surface area (Å²) in [5.41, 5.74) is 3.47. The molecule has 202 valence electrons. The molecular formula is C32H22F2N4O3. The number of hydrogen-bond acceptors (Lipinski definition) is 6. The van der Waals surface area contributed by atoms with Gasteiger partial charge in [0.25, 0.3) is 0 Å². The van der Waals surface area contributed by atoms with Crippen LogP contribution < -0.4 is 4.74 Å². The fourth-order valence-electron chi connectivity index (χ4n) is 4.70. The van der Waals surface area contributed by atoms with E-state index in [1.165, 1.54) is 36.4 Å². The van der Waals surface area contributed by atoms with Gasteiger partial charge in [-0.25, -0.2) is 8.78 Å². The van der Waals surface area contributed by atoms with Gasteiger partial charge < -0.3 is 4.74 Å². The smallest absolute Gasteiger partial charge is 0.196 e. The zero-order chi connectivity index (χ0) is 28.5. The Hall–Kier alpha value is -5.31. The van der Waals surface area contributed by atoms with Crippen molar-refractivity contribution < 1.29 is 23.1 Å². The van der Waals surface area contributed by atoms with Crippen LogP contribution in [-0.4, -0.2) is 31.3 Å². The standard InChI is InChI=1S/C32H22F2N4O3/c1-38-18-21(16-37-38)27-15-28-25(17-36-27)30(11-12-35-28)41-31-10-5-19(13-26(31)34)14-29(39)24-4-2-3-23(32(24)40)20-6-8-22(33)9-7-20/h3-13,15-18H,2,14H2,1H3. The van der Waals surface area contributed by atoms with Crippen molar-refractivity contribution >= 4 is 28.0 Å². The lowest BCUT2D eigenvalue weighted by molar-refractivity contribution is -0.118. The Labute approximate surface area is 233 Å². The predicted molar refractivity (Wildman–Crippen MR) is 149 cm³/mol. The van der Waals surface area contributed by atoms with E-state index in [4.69, 9.17) is 4.74 Å². The highest BCUT2D eigenvalue weighted by Crippen LogP contribution is 2.32. The molecule has 0 fully saturated rings. The normalized spacial score (nSPS) is 13.2. The van der Waals surface area contributed by atoms with Crippen LogP contribution in [-0.2, 0) is 23.1 Å². The van der Waals surface area contributed by atoms with Gasteiger partial charge in [-0.15, -0.1) is 0 Å². The number of halogens is 2. The molecule has 3 heterocycles. The molecule has 0 radical (unpaired) electrons. The molecule has 0 amide bonds. The average molecular weight is 549 g/mol. The van der Waals surface area contributed by atoms with Gasteiger partial charge in [0, 0.05) is 43.2 Å². The summed E-state index contributed by atoms with van der Waals surface area (Å²) in [6, 6.07) is 13.2. The van der Waals surface area contributed by atoms with Crippen LogP contribution in [0.5, 0.6) is 11.5 Å². The van der Waals surface area contributed by atoms with Gasteiger partial charge in [0.15, 0.2) is 23.1 Å². The Morgan fingerprint density at radius 2 is 1.78 bits per heavy atom. The largest absolute Gasteiger partial charge is 0.453 e. The van der Waals surface area contributed by atoms with Gasteiger partial charge in [0.2, 0.25) is 0 Å². The summed E-state index contributed by atoms with van der Waals surface area (Å²) >= 11 is 0. The molecule has 0 saturated heterocycles. The second-order valence-electron chi connectivity index (χ2n) is 9.57. The Kier molecular flexibility index (Phi) is 6.76. The SMILES string of the molecule is Cn1cc(-c2cc3nccc(Oc4ccc(CC(=O)C5=CCC=C(c6ccc(F)cc6)C5=O)cc4F)c3cn2)cn1. The van der Waals surface area contributed by atoms with Crippen molar-refractivity contribution in [1.29, 1.82) is 0 Å². The highest BCUT2D eigenvalue weighted by atomic mass is 19.1. The second-order valence-corrected chi connectivity index (χ2v) is 9.57. The lowest BCUT2D eigenvalue weighted by Crippen LogP contribution is -2.18. The van der Waals surface area contributed by atoms with Crippen molar-refractivity contribution in [2.45, 2.75) is 12.8 Å². The summed E-state index contributed by atoms with van der Waals surface area (Å²) in [5, 5.41) is 4.77. The maximum atomic E-state index is 15.1. The number of aromatic nitrogens is 4. The van der Waals surface area contributed by atoms with Gasteiger partial charge in [0.1, 0.15) is 11.6 Å².